The lowest BCUT2D eigenvalue weighted by atomic mass is 10.1. The van der Waals surface area contributed by atoms with Crippen LogP contribution in [0.25, 0.3) is 0 Å². The summed E-state index contributed by atoms with van der Waals surface area (Å²) >= 11 is 0. The number of hydrogen-bond acceptors (Lipinski definition) is 4. The Balaban J connectivity index is 2.61. The summed E-state index contributed by atoms with van der Waals surface area (Å²) in [6, 6.07) is 3.75. The number of hydrogen-bond donors (Lipinski definition) is 0. The van der Waals surface area contributed by atoms with Gasteiger partial charge in [0.05, 0.1) is 7.11 Å². The van der Waals surface area contributed by atoms with Crippen LogP contribution in [-0.4, -0.2) is 24.7 Å². The van der Waals surface area contributed by atoms with E-state index in [2.05, 4.69) is 23.6 Å². The van der Waals surface area contributed by atoms with Crippen LogP contribution in [-0.2, 0) is 9.53 Å². The average Bonchev–Trinajstić information content (AvgIpc) is 2.26. The van der Waals surface area contributed by atoms with Gasteiger partial charge >= 0.3 is 5.97 Å². The smallest absolute Gasteiger partial charge is 0.343 e. The number of nitrogens with zero attached hydrogens (tertiary/aromatic N) is 1. The zero-order chi connectivity index (χ0) is 11.3. The third kappa shape index (κ3) is 3.58. The van der Waals surface area contributed by atoms with Crippen molar-refractivity contribution in [1.29, 1.82) is 0 Å². The summed E-state index contributed by atoms with van der Waals surface area (Å²) in [5.74, 6) is 0.451. The van der Waals surface area contributed by atoms with Crippen LogP contribution in [0.15, 0.2) is 18.3 Å². The highest BCUT2D eigenvalue weighted by Crippen LogP contribution is 2.17. The van der Waals surface area contributed by atoms with E-state index in [0.29, 0.717) is 11.8 Å². The molecule has 0 spiro atoms. The van der Waals surface area contributed by atoms with Crippen molar-refractivity contribution in [3.05, 3.63) is 23.9 Å². The summed E-state index contributed by atoms with van der Waals surface area (Å²) in [6.07, 6.45) is 1.67. The maximum absolute atomic E-state index is 10.8. The number of pyridine rings is 1. The zero-order valence-corrected chi connectivity index (χ0v) is 9.19. The van der Waals surface area contributed by atoms with Gasteiger partial charge in [-0.15, -0.1) is 0 Å². The minimum absolute atomic E-state index is 0.106. The molecular formula is C11H15NO3. The number of carbonyl (C=O) groups is 1. The number of ether oxygens (including phenoxy) is 2. The van der Waals surface area contributed by atoms with E-state index >= 15 is 0 Å². The molecule has 0 atom stereocenters. The van der Waals surface area contributed by atoms with Gasteiger partial charge in [-0.1, -0.05) is 13.8 Å². The maximum atomic E-state index is 10.8. The fraction of sp³-hybridized carbons (Fsp3) is 0.455. The Hall–Kier alpha value is -1.58. The van der Waals surface area contributed by atoms with Gasteiger partial charge < -0.3 is 9.47 Å². The normalized spacial score (nSPS) is 10.1. The van der Waals surface area contributed by atoms with E-state index in [4.69, 9.17) is 4.74 Å². The minimum Gasteiger partial charge on any atom is -0.466 e. The van der Waals surface area contributed by atoms with Crippen molar-refractivity contribution in [3.8, 4) is 5.88 Å². The molecule has 0 unspecified atom stereocenters. The molecule has 1 heterocycles. The molecule has 82 valence electrons. The van der Waals surface area contributed by atoms with Gasteiger partial charge in [0, 0.05) is 12.3 Å². The lowest BCUT2D eigenvalue weighted by Crippen LogP contribution is -2.13. The number of esters is 1. The van der Waals surface area contributed by atoms with E-state index in [-0.39, 0.29) is 6.61 Å². The van der Waals surface area contributed by atoms with Crippen molar-refractivity contribution in [2.75, 3.05) is 13.7 Å². The number of aromatic nitrogens is 1. The lowest BCUT2D eigenvalue weighted by molar-refractivity contribution is -0.143. The molecular weight excluding hydrogens is 194 g/mol. The molecule has 1 rings (SSSR count). The fourth-order valence-electron chi connectivity index (χ4n) is 1.05. The van der Waals surface area contributed by atoms with E-state index in [9.17, 15) is 4.79 Å². The molecule has 0 fully saturated rings. The highest BCUT2D eigenvalue weighted by Gasteiger charge is 2.05. The molecule has 0 saturated carbocycles. The van der Waals surface area contributed by atoms with Crippen LogP contribution in [0.2, 0.25) is 0 Å². The number of carbonyl (C=O) groups excluding carboxylic acids is 1. The van der Waals surface area contributed by atoms with Crippen molar-refractivity contribution in [1.82, 2.24) is 4.98 Å². The Morgan fingerprint density at radius 3 is 2.87 bits per heavy atom. The summed E-state index contributed by atoms with van der Waals surface area (Å²) in [5.41, 5.74) is 1.13. The first-order valence-corrected chi connectivity index (χ1v) is 4.79. The van der Waals surface area contributed by atoms with E-state index < -0.39 is 5.97 Å². The Labute approximate surface area is 89.2 Å². The van der Waals surface area contributed by atoms with Gasteiger partial charge in [-0.25, -0.2) is 9.78 Å². The van der Waals surface area contributed by atoms with Gasteiger partial charge in [-0.2, -0.15) is 0 Å². The van der Waals surface area contributed by atoms with Crippen molar-refractivity contribution < 1.29 is 14.3 Å². The summed E-state index contributed by atoms with van der Waals surface area (Å²) < 4.78 is 9.62. The Bertz CT molecular complexity index is 336. The fourth-order valence-corrected chi connectivity index (χ4v) is 1.05. The molecule has 0 aliphatic carbocycles. The van der Waals surface area contributed by atoms with E-state index in [1.54, 1.807) is 6.20 Å². The van der Waals surface area contributed by atoms with Crippen molar-refractivity contribution in [2.45, 2.75) is 19.8 Å². The second-order valence-corrected chi connectivity index (χ2v) is 3.45. The van der Waals surface area contributed by atoms with Crippen molar-refractivity contribution in [2.24, 2.45) is 0 Å². The first kappa shape index (κ1) is 11.5. The van der Waals surface area contributed by atoms with E-state index in [0.717, 1.165) is 5.56 Å². The van der Waals surface area contributed by atoms with Crippen molar-refractivity contribution >= 4 is 5.97 Å². The van der Waals surface area contributed by atoms with E-state index in [1.807, 2.05) is 12.1 Å². The van der Waals surface area contributed by atoms with Gasteiger partial charge in [0.2, 0.25) is 5.88 Å². The van der Waals surface area contributed by atoms with Crippen LogP contribution in [0.4, 0.5) is 0 Å². The molecule has 15 heavy (non-hydrogen) atoms. The SMILES string of the molecule is COC(=O)COc1cc(C(C)C)ccn1. The molecule has 0 aliphatic rings. The minimum atomic E-state index is -0.410. The summed E-state index contributed by atoms with van der Waals surface area (Å²) in [6.45, 7) is 4.06. The summed E-state index contributed by atoms with van der Waals surface area (Å²) in [5, 5.41) is 0. The molecule has 0 radical (unpaired) electrons. The zero-order valence-electron chi connectivity index (χ0n) is 9.19. The second kappa shape index (κ2) is 5.34. The summed E-state index contributed by atoms with van der Waals surface area (Å²) in [4.78, 5) is 14.8. The van der Waals surface area contributed by atoms with Crippen LogP contribution in [0.1, 0.15) is 25.3 Å². The van der Waals surface area contributed by atoms with Crippen molar-refractivity contribution in [3.63, 3.8) is 0 Å². The predicted octanol–water partition coefficient (Wildman–Crippen LogP) is 1.76. The molecule has 4 nitrogen and oxygen atoms in total. The van der Waals surface area contributed by atoms with Gasteiger partial charge in [0.25, 0.3) is 0 Å². The standard InChI is InChI=1S/C11H15NO3/c1-8(2)9-4-5-12-10(6-9)15-7-11(13)14-3/h4-6,8H,7H2,1-3H3. The molecule has 0 aromatic carbocycles. The molecule has 0 amide bonds. The first-order valence-electron chi connectivity index (χ1n) is 4.79. The number of rotatable bonds is 4. The quantitative estimate of drug-likeness (QED) is 0.709. The van der Waals surface area contributed by atoms with Crippen LogP contribution in [0, 0.1) is 0 Å². The Kier molecular flexibility index (Phi) is 4.09. The molecule has 1 aromatic rings. The molecule has 4 heteroatoms. The highest BCUT2D eigenvalue weighted by atomic mass is 16.6. The summed E-state index contributed by atoms with van der Waals surface area (Å²) in [7, 11) is 1.32. The third-order valence-corrected chi connectivity index (χ3v) is 1.99. The maximum Gasteiger partial charge on any atom is 0.343 e. The number of methoxy groups -OCH3 is 1. The molecule has 1 aromatic heterocycles. The first-order chi connectivity index (χ1) is 7.13. The topological polar surface area (TPSA) is 48.4 Å². The Morgan fingerprint density at radius 2 is 2.27 bits per heavy atom. The molecule has 0 bridgehead atoms. The molecule has 0 aliphatic heterocycles. The Morgan fingerprint density at radius 1 is 1.53 bits per heavy atom. The largest absolute Gasteiger partial charge is 0.466 e. The van der Waals surface area contributed by atoms with Gasteiger partial charge in [-0.3, -0.25) is 0 Å². The predicted molar refractivity (Wildman–Crippen MR) is 55.8 cm³/mol. The highest BCUT2D eigenvalue weighted by molar-refractivity contribution is 5.70. The van der Waals surface area contributed by atoms with Gasteiger partial charge in [0.1, 0.15) is 0 Å². The molecule has 0 saturated heterocycles. The van der Waals surface area contributed by atoms with Crippen LogP contribution >= 0.6 is 0 Å². The van der Waals surface area contributed by atoms with Crippen LogP contribution in [0.3, 0.4) is 0 Å². The van der Waals surface area contributed by atoms with Crippen LogP contribution in [0.5, 0.6) is 5.88 Å². The second-order valence-electron chi connectivity index (χ2n) is 3.45. The van der Waals surface area contributed by atoms with Crippen LogP contribution < -0.4 is 4.74 Å². The molecule has 0 N–H and O–H groups in total. The lowest BCUT2D eigenvalue weighted by Gasteiger charge is -2.07. The van der Waals surface area contributed by atoms with Gasteiger partial charge in [-0.05, 0) is 17.5 Å². The average molecular weight is 209 g/mol. The van der Waals surface area contributed by atoms with E-state index in [1.165, 1.54) is 7.11 Å². The monoisotopic (exact) mass is 209 g/mol. The van der Waals surface area contributed by atoms with Gasteiger partial charge in [0.15, 0.2) is 6.61 Å². The third-order valence-electron chi connectivity index (χ3n) is 1.99.